The molecule has 2 aliphatic rings. The van der Waals surface area contributed by atoms with Crippen molar-refractivity contribution >= 4 is 11.8 Å². The van der Waals surface area contributed by atoms with E-state index >= 15 is 0 Å². The van der Waals surface area contributed by atoms with Crippen LogP contribution in [0.5, 0.6) is 0 Å². The Morgan fingerprint density at radius 1 is 1.38 bits per heavy atom. The summed E-state index contributed by atoms with van der Waals surface area (Å²) in [6.07, 6.45) is 2.68. The smallest absolute Gasteiger partial charge is 0.333 e. The lowest BCUT2D eigenvalue weighted by Crippen LogP contribution is -2.57. The van der Waals surface area contributed by atoms with Crippen molar-refractivity contribution in [1.29, 1.82) is 0 Å². The first-order valence-corrected chi connectivity index (χ1v) is 8.84. The van der Waals surface area contributed by atoms with Gasteiger partial charge in [-0.1, -0.05) is 32.1 Å². The fraction of sp³-hybridized carbons (Fsp3) is 0.700. The third-order valence-electron chi connectivity index (χ3n) is 6.48. The van der Waals surface area contributed by atoms with Crippen LogP contribution in [0.2, 0.25) is 0 Å². The van der Waals surface area contributed by atoms with E-state index in [1.54, 1.807) is 13.0 Å². The van der Waals surface area contributed by atoms with Crippen LogP contribution in [0.25, 0.3) is 0 Å². The third kappa shape index (κ3) is 3.08. The Morgan fingerprint density at radius 2 is 2.00 bits per heavy atom. The number of hydrogen-bond acceptors (Lipinski definition) is 4. The van der Waals surface area contributed by atoms with Gasteiger partial charge in [0.2, 0.25) is 0 Å². The Hall–Kier alpha value is -1.42. The molecule has 4 heteroatoms. The number of Topliss-reactive ketones (excluding diaryl/α,β-unsaturated/α-hetero) is 1. The largest absolute Gasteiger partial charge is 0.459 e. The predicted octanol–water partition coefficient (Wildman–Crippen LogP) is 3.44. The van der Waals surface area contributed by atoms with Crippen LogP contribution < -0.4 is 0 Å². The summed E-state index contributed by atoms with van der Waals surface area (Å²) in [7, 11) is 0. The molecule has 4 nitrogen and oxygen atoms in total. The molecule has 0 saturated heterocycles. The Bertz CT molecular complexity index is 576. The summed E-state index contributed by atoms with van der Waals surface area (Å²) >= 11 is 0. The molecule has 2 rings (SSSR count). The second-order valence-corrected chi connectivity index (χ2v) is 7.84. The average molecular weight is 334 g/mol. The lowest BCUT2D eigenvalue weighted by molar-refractivity contribution is -0.173. The van der Waals surface area contributed by atoms with Gasteiger partial charge in [0.15, 0.2) is 5.78 Å². The fourth-order valence-electron chi connectivity index (χ4n) is 4.41. The molecule has 0 aromatic heterocycles. The van der Waals surface area contributed by atoms with Crippen LogP contribution in [-0.4, -0.2) is 29.1 Å². The highest BCUT2D eigenvalue weighted by molar-refractivity contribution is 5.89. The van der Waals surface area contributed by atoms with Crippen LogP contribution >= 0.6 is 0 Å². The summed E-state index contributed by atoms with van der Waals surface area (Å²) < 4.78 is 5.73. The summed E-state index contributed by atoms with van der Waals surface area (Å²) in [5.74, 6) is -0.684. The van der Waals surface area contributed by atoms with Crippen LogP contribution in [0.3, 0.4) is 0 Å². The van der Waals surface area contributed by atoms with Gasteiger partial charge < -0.3 is 9.84 Å². The minimum atomic E-state index is -0.943. The standard InChI is InChI=1S/C20H30O4/c1-7-12(4)19(23)24-16-9-8-15-18(22)17(21)14(11(2)3)10-20(15,6)13(16)5/h7,13-16,18,22H,2,8-10H2,1,3-6H3/b12-7-. The zero-order valence-corrected chi connectivity index (χ0v) is 15.5. The van der Waals surface area contributed by atoms with E-state index in [4.69, 9.17) is 4.74 Å². The second kappa shape index (κ2) is 6.83. The molecule has 0 radical (unpaired) electrons. The highest BCUT2D eigenvalue weighted by Gasteiger charge is 2.56. The van der Waals surface area contributed by atoms with Crippen molar-refractivity contribution in [2.24, 2.45) is 23.2 Å². The molecule has 0 aromatic carbocycles. The van der Waals surface area contributed by atoms with E-state index in [0.717, 1.165) is 5.57 Å². The average Bonchev–Trinajstić information content (AvgIpc) is 2.54. The van der Waals surface area contributed by atoms with E-state index in [2.05, 4.69) is 20.4 Å². The van der Waals surface area contributed by atoms with Crippen LogP contribution in [0.15, 0.2) is 23.8 Å². The number of fused-ring (bicyclic) bond motifs is 1. The van der Waals surface area contributed by atoms with Crippen molar-refractivity contribution < 1.29 is 19.4 Å². The topological polar surface area (TPSA) is 63.6 Å². The van der Waals surface area contributed by atoms with Gasteiger partial charge in [-0.25, -0.2) is 4.79 Å². The van der Waals surface area contributed by atoms with Gasteiger partial charge in [-0.05, 0) is 57.3 Å². The first kappa shape index (κ1) is 18.9. The van der Waals surface area contributed by atoms with Crippen molar-refractivity contribution in [2.75, 3.05) is 0 Å². The van der Waals surface area contributed by atoms with Gasteiger partial charge in [-0.15, -0.1) is 0 Å². The summed E-state index contributed by atoms with van der Waals surface area (Å²) in [4.78, 5) is 24.6. The Morgan fingerprint density at radius 3 is 2.54 bits per heavy atom. The summed E-state index contributed by atoms with van der Waals surface area (Å²) in [6, 6.07) is 0. The maximum Gasteiger partial charge on any atom is 0.333 e. The van der Waals surface area contributed by atoms with Crippen molar-refractivity contribution in [3.05, 3.63) is 23.8 Å². The predicted molar refractivity (Wildman–Crippen MR) is 93.2 cm³/mol. The molecule has 6 atom stereocenters. The summed E-state index contributed by atoms with van der Waals surface area (Å²) in [5.41, 5.74) is 1.16. The molecule has 0 bridgehead atoms. The zero-order chi connectivity index (χ0) is 18.2. The molecular weight excluding hydrogens is 304 g/mol. The van der Waals surface area contributed by atoms with E-state index in [0.29, 0.717) is 24.8 Å². The molecule has 1 N–H and O–H groups in total. The van der Waals surface area contributed by atoms with E-state index in [1.807, 2.05) is 13.8 Å². The number of carbonyl (C=O) groups excluding carboxylic acids is 2. The quantitative estimate of drug-likeness (QED) is 0.488. The molecule has 0 heterocycles. The van der Waals surface area contributed by atoms with Gasteiger partial charge in [0.1, 0.15) is 12.2 Å². The number of aliphatic hydroxyl groups excluding tert-OH is 1. The Kier molecular flexibility index (Phi) is 5.38. The second-order valence-electron chi connectivity index (χ2n) is 7.84. The van der Waals surface area contributed by atoms with Crippen molar-refractivity contribution in [3.8, 4) is 0 Å². The number of esters is 1. The lowest BCUT2D eigenvalue weighted by Gasteiger charge is -2.55. The Balaban J connectivity index is 2.25. The molecule has 6 unspecified atom stereocenters. The first-order chi connectivity index (χ1) is 11.1. The maximum atomic E-state index is 12.5. The highest BCUT2D eigenvalue weighted by atomic mass is 16.5. The summed E-state index contributed by atoms with van der Waals surface area (Å²) in [6.45, 7) is 13.5. The molecule has 0 aliphatic heterocycles. The monoisotopic (exact) mass is 334 g/mol. The fourth-order valence-corrected chi connectivity index (χ4v) is 4.41. The molecule has 2 aliphatic carbocycles. The summed E-state index contributed by atoms with van der Waals surface area (Å²) in [5, 5.41) is 10.6. The number of aliphatic hydroxyl groups is 1. The minimum Gasteiger partial charge on any atom is -0.459 e. The van der Waals surface area contributed by atoms with Crippen molar-refractivity contribution in [1.82, 2.24) is 0 Å². The van der Waals surface area contributed by atoms with Crippen molar-refractivity contribution in [3.63, 3.8) is 0 Å². The minimum absolute atomic E-state index is 0.0756. The van der Waals surface area contributed by atoms with Crippen LogP contribution in [0, 0.1) is 23.2 Å². The number of rotatable bonds is 3. The van der Waals surface area contributed by atoms with Gasteiger partial charge in [0.25, 0.3) is 0 Å². The molecule has 134 valence electrons. The zero-order valence-electron chi connectivity index (χ0n) is 15.5. The lowest BCUT2D eigenvalue weighted by atomic mass is 9.51. The molecule has 2 fully saturated rings. The molecule has 24 heavy (non-hydrogen) atoms. The number of carbonyl (C=O) groups is 2. The number of ether oxygens (including phenoxy) is 1. The molecule has 0 amide bonds. The number of ketones is 1. The van der Waals surface area contributed by atoms with Crippen LogP contribution in [-0.2, 0) is 14.3 Å². The molecular formula is C20H30O4. The SMILES string of the molecule is C=C(C)C1CC2(C)C(C)C(OC(=O)/C(C)=C\C)CCC2C(O)C1=O. The van der Waals surface area contributed by atoms with Gasteiger partial charge in [0, 0.05) is 11.5 Å². The molecule has 2 saturated carbocycles. The normalized spacial score (nSPS) is 40.0. The van der Waals surface area contributed by atoms with Crippen LogP contribution in [0.4, 0.5) is 0 Å². The third-order valence-corrected chi connectivity index (χ3v) is 6.48. The first-order valence-electron chi connectivity index (χ1n) is 8.84. The number of allylic oxidation sites excluding steroid dienone is 2. The van der Waals surface area contributed by atoms with E-state index in [-0.39, 0.29) is 41.0 Å². The Labute approximate surface area is 145 Å². The number of hydrogen-bond donors (Lipinski definition) is 1. The van der Waals surface area contributed by atoms with E-state index in [9.17, 15) is 14.7 Å². The van der Waals surface area contributed by atoms with Gasteiger partial charge in [0.05, 0.1) is 0 Å². The molecule has 0 spiro atoms. The van der Waals surface area contributed by atoms with Gasteiger partial charge >= 0.3 is 5.97 Å². The van der Waals surface area contributed by atoms with Crippen molar-refractivity contribution in [2.45, 2.75) is 66.1 Å². The van der Waals surface area contributed by atoms with E-state index in [1.165, 1.54) is 0 Å². The molecule has 0 aromatic rings. The highest BCUT2D eigenvalue weighted by Crippen LogP contribution is 2.55. The van der Waals surface area contributed by atoms with Gasteiger partial charge in [-0.2, -0.15) is 0 Å². The maximum absolute atomic E-state index is 12.5. The van der Waals surface area contributed by atoms with Gasteiger partial charge in [-0.3, -0.25) is 4.79 Å². The van der Waals surface area contributed by atoms with E-state index < -0.39 is 6.10 Å². The van der Waals surface area contributed by atoms with Crippen LogP contribution in [0.1, 0.15) is 53.9 Å².